The van der Waals surface area contributed by atoms with Gasteiger partial charge < -0.3 is 9.64 Å². The molecule has 5 rings (SSSR count). The molecule has 0 aliphatic carbocycles. The number of anilines is 1. The lowest BCUT2D eigenvalue weighted by Gasteiger charge is -2.16. The number of benzene rings is 2. The number of hydrogen-bond acceptors (Lipinski definition) is 6. The monoisotopic (exact) mass is 460 g/mol. The summed E-state index contributed by atoms with van der Waals surface area (Å²) in [6, 6.07) is 15.2. The first kappa shape index (κ1) is 21.3. The molecule has 7 nitrogen and oxygen atoms in total. The molecule has 1 aliphatic rings. The van der Waals surface area contributed by atoms with Crippen molar-refractivity contribution in [1.82, 2.24) is 14.6 Å². The molecule has 2 aromatic heterocycles. The van der Waals surface area contributed by atoms with E-state index in [4.69, 9.17) is 4.74 Å². The summed E-state index contributed by atoms with van der Waals surface area (Å²) in [5.41, 5.74) is 2.59. The summed E-state index contributed by atoms with van der Waals surface area (Å²) >= 11 is 1.21. The van der Waals surface area contributed by atoms with Crippen LogP contribution in [-0.2, 0) is 4.79 Å². The molecule has 1 aliphatic heterocycles. The van der Waals surface area contributed by atoms with E-state index >= 15 is 0 Å². The van der Waals surface area contributed by atoms with Gasteiger partial charge in [0.05, 0.1) is 17.9 Å². The van der Waals surface area contributed by atoms with Gasteiger partial charge in [-0.15, -0.1) is 5.10 Å². The van der Waals surface area contributed by atoms with E-state index in [1.807, 2.05) is 48.5 Å². The van der Waals surface area contributed by atoms with Gasteiger partial charge in [0.2, 0.25) is 4.96 Å². The van der Waals surface area contributed by atoms with E-state index < -0.39 is 0 Å². The van der Waals surface area contributed by atoms with E-state index in [9.17, 15) is 9.59 Å². The smallest absolute Gasteiger partial charge is 0.291 e. The SMILES string of the molecule is CCCCN1C(=O)/C(=c2/sc3nc(-c4ccc(OCCC)cc4)nn3c2=O)c2ccccc21. The largest absolute Gasteiger partial charge is 0.494 e. The van der Waals surface area contributed by atoms with Crippen LogP contribution in [-0.4, -0.2) is 33.7 Å². The van der Waals surface area contributed by atoms with Crippen molar-refractivity contribution in [2.75, 3.05) is 18.1 Å². The topological polar surface area (TPSA) is 76.8 Å². The Bertz CT molecular complexity index is 1440. The molecule has 0 saturated carbocycles. The third-order valence-electron chi connectivity index (χ3n) is 5.63. The molecule has 33 heavy (non-hydrogen) atoms. The zero-order valence-corrected chi connectivity index (χ0v) is 19.4. The summed E-state index contributed by atoms with van der Waals surface area (Å²) in [7, 11) is 0. The number of fused-ring (bicyclic) bond motifs is 2. The van der Waals surface area contributed by atoms with Gasteiger partial charge in [-0.2, -0.15) is 9.50 Å². The summed E-state index contributed by atoms with van der Waals surface area (Å²) in [5, 5.41) is 4.44. The Morgan fingerprint density at radius 2 is 1.79 bits per heavy atom. The van der Waals surface area contributed by atoms with Gasteiger partial charge >= 0.3 is 0 Å². The van der Waals surface area contributed by atoms with E-state index in [1.165, 1.54) is 15.9 Å². The van der Waals surface area contributed by atoms with Crippen LogP contribution >= 0.6 is 11.3 Å². The first-order valence-electron chi connectivity index (χ1n) is 11.2. The van der Waals surface area contributed by atoms with Gasteiger partial charge in [-0.1, -0.05) is 49.8 Å². The molecule has 0 atom stereocenters. The fourth-order valence-electron chi connectivity index (χ4n) is 3.97. The van der Waals surface area contributed by atoms with Crippen molar-refractivity contribution in [2.24, 2.45) is 0 Å². The first-order valence-corrected chi connectivity index (χ1v) is 12.0. The molecule has 0 radical (unpaired) electrons. The Hall–Kier alpha value is -3.52. The molecule has 0 fully saturated rings. The molecule has 3 heterocycles. The highest BCUT2D eigenvalue weighted by Gasteiger charge is 2.33. The lowest BCUT2D eigenvalue weighted by atomic mass is 10.1. The van der Waals surface area contributed by atoms with Crippen LogP contribution in [0, 0.1) is 0 Å². The molecule has 168 valence electrons. The highest BCUT2D eigenvalue weighted by atomic mass is 32.1. The number of aromatic nitrogens is 3. The van der Waals surface area contributed by atoms with Crippen molar-refractivity contribution < 1.29 is 9.53 Å². The maximum atomic E-state index is 13.3. The molecule has 8 heteroatoms. The van der Waals surface area contributed by atoms with Gasteiger partial charge in [-0.3, -0.25) is 9.59 Å². The summed E-state index contributed by atoms with van der Waals surface area (Å²) in [4.78, 5) is 33.4. The minimum atomic E-state index is -0.313. The molecule has 4 aromatic rings. The van der Waals surface area contributed by atoms with Crippen LogP contribution < -0.4 is 19.7 Å². The van der Waals surface area contributed by atoms with Crippen LogP contribution in [0.1, 0.15) is 38.7 Å². The zero-order chi connectivity index (χ0) is 22.9. The number of rotatable bonds is 7. The second kappa shape index (κ2) is 8.78. The Labute approximate surface area is 194 Å². The third-order valence-corrected chi connectivity index (χ3v) is 6.66. The van der Waals surface area contributed by atoms with E-state index in [2.05, 4.69) is 23.9 Å². The van der Waals surface area contributed by atoms with Gasteiger partial charge in [0.25, 0.3) is 11.5 Å². The van der Waals surface area contributed by atoms with Gasteiger partial charge in [0.1, 0.15) is 10.3 Å². The fourth-order valence-corrected chi connectivity index (χ4v) is 4.96. The minimum absolute atomic E-state index is 0.130. The molecule has 0 saturated heterocycles. The summed E-state index contributed by atoms with van der Waals surface area (Å²) < 4.78 is 7.31. The highest BCUT2D eigenvalue weighted by molar-refractivity contribution is 7.15. The molecule has 2 aromatic carbocycles. The van der Waals surface area contributed by atoms with Crippen molar-refractivity contribution in [3.63, 3.8) is 0 Å². The standard InChI is InChI=1S/C25H24N4O3S/c1-3-5-14-28-19-9-7-6-8-18(19)20(23(28)30)21-24(31)29-25(33-21)26-22(27-29)16-10-12-17(13-11-16)32-15-4-2/h6-13H,3-5,14-15H2,1-2H3/b21-20+. The van der Waals surface area contributed by atoms with Crippen LogP contribution in [0.2, 0.25) is 0 Å². The number of hydrogen-bond donors (Lipinski definition) is 0. The van der Waals surface area contributed by atoms with Crippen molar-refractivity contribution in [3.8, 4) is 17.1 Å². The van der Waals surface area contributed by atoms with Crippen LogP contribution in [0.3, 0.4) is 0 Å². The van der Waals surface area contributed by atoms with Crippen LogP contribution in [0.15, 0.2) is 53.3 Å². The lowest BCUT2D eigenvalue weighted by Crippen LogP contribution is -2.33. The van der Waals surface area contributed by atoms with Crippen molar-refractivity contribution >= 4 is 33.5 Å². The van der Waals surface area contributed by atoms with Crippen LogP contribution in [0.4, 0.5) is 5.69 Å². The summed E-state index contributed by atoms with van der Waals surface area (Å²) in [6.45, 7) is 5.45. The van der Waals surface area contributed by atoms with E-state index in [0.717, 1.165) is 41.8 Å². The number of unbranched alkanes of at least 4 members (excludes halogenated alkanes) is 1. The van der Waals surface area contributed by atoms with Gasteiger partial charge in [0, 0.05) is 17.7 Å². The number of para-hydroxylation sites is 1. The molecule has 0 N–H and O–H groups in total. The maximum absolute atomic E-state index is 13.3. The third kappa shape index (κ3) is 3.70. The zero-order valence-electron chi connectivity index (χ0n) is 18.6. The van der Waals surface area contributed by atoms with Crippen molar-refractivity contribution in [2.45, 2.75) is 33.1 Å². The van der Waals surface area contributed by atoms with Gasteiger partial charge in [-0.05, 0) is 43.2 Å². The number of nitrogens with zero attached hydrogens (tertiary/aromatic N) is 4. The van der Waals surface area contributed by atoms with E-state index in [0.29, 0.717) is 34.0 Å². The lowest BCUT2D eigenvalue weighted by molar-refractivity contribution is -0.113. The molecule has 1 amide bonds. The molecular formula is C25H24N4O3S. The number of ether oxygens (including phenoxy) is 1. The van der Waals surface area contributed by atoms with Gasteiger partial charge in [0.15, 0.2) is 5.82 Å². The quantitative estimate of drug-likeness (QED) is 0.421. The normalized spacial score (nSPS) is 14.8. The Kier molecular flexibility index (Phi) is 5.68. The second-order valence-electron chi connectivity index (χ2n) is 7.94. The van der Waals surface area contributed by atoms with Crippen molar-refractivity contribution in [1.29, 1.82) is 0 Å². The summed E-state index contributed by atoms with van der Waals surface area (Å²) in [6.07, 6.45) is 2.83. The number of carbonyl (C=O) groups excluding carboxylic acids is 1. The Morgan fingerprint density at radius 1 is 1.00 bits per heavy atom. The Morgan fingerprint density at radius 3 is 2.52 bits per heavy atom. The predicted molar refractivity (Wildman–Crippen MR) is 130 cm³/mol. The average Bonchev–Trinajstić information content (AvgIpc) is 3.47. The van der Waals surface area contributed by atoms with E-state index in [-0.39, 0.29) is 11.5 Å². The molecular weight excluding hydrogens is 436 g/mol. The molecule has 0 spiro atoms. The first-order chi connectivity index (χ1) is 16.1. The Balaban J connectivity index is 1.57. The van der Waals surface area contributed by atoms with Crippen LogP contribution in [0.5, 0.6) is 5.75 Å². The van der Waals surface area contributed by atoms with Gasteiger partial charge in [-0.25, -0.2) is 0 Å². The fraction of sp³-hybridized carbons (Fsp3) is 0.280. The summed E-state index contributed by atoms with van der Waals surface area (Å²) in [5.74, 6) is 1.13. The predicted octanol–water partition coefficient (Wildman–Crippen LogP) is 3.67. The maximum Gasteiger partial charge on any atom is 0.291 e. The average molecular weight is 461 g/mol. The van der Waals surface area contributed by atoms with Crippen LogP contribution in [0.25, 0.3) is 21.9 Å². The molecule has 0 bridgehead atoms. The molecule has 0 unspecified atom stereocenters. The highest BCUT2D eigenvalue weighted by Crippen LogP contribution is 2.35. The number of carbonyl (C=O) groups is 1. The van der Waals surface area contributed by atoms with E-state index in [1.54, 1.807) is 4.90 Å². The second-order valence-corrected chi connectivity index (χ2v) is 8.92. The minimum Gasteiger partial charge on any atom is -0.494 e. The van der Waals surface area contributed by atoms with Crippen molar-refractivity contribution in [3.05, 3.63) is 69.0 Å². The number of thiazole rings is 1. The number of amides is 1.